The van der Waals surface area contributed by atoms with Crippen molar-refractivity contribution in [2.45, 2.75) is 6.42 Å². The van der Waals surface area contributed by atoms with Gasteiger partial charge in [-0.15, -0.1) is 0 Å². The summed E-state index contributed by atoms with van der Waals surface area (Å²) in [4.78, 5) is 0. The van der Waals surface area contributed by atoms with Crippen molar-refractivity contribution in [3.8, 4) is 0 Å². The minimum Gasteiger partial charge on any atom is -0.281 e. The van der Waals surface area contributed by atoms with Crippen LogP contribution in [0.1, 0.15) is 6.42 Å². The Morgan fingerprint density at radius 1 is 1.71 bits per heavy atom. The first-order valence-corrected chi connectivity index (χ1v) is 2.89. The fraction of sp³-hybridized carbons (Fsp3) is 0.200. The molecule has 1 nitrogen and oxygen atoms in total. The monoisotopic (exact) mass is 113 g/mol. The summed E-state index contributed by atoms with van der Waals surface area (Å²) in [6.07, 6.45) is 7.20. The third kappa shape index (κ3) is 1.04. The van der Waals surface area contributed by atoms with Crippen LogP contribution in [-0.2, 0) is 0 Å². The summed E-state index contributed by atoms with van der Waals surface area (Å²) < 4.78 is 4.01. The van der Waals surface area contributed by atoms with Gasteiger partial charge in [-0.25, -0.2) is 0 Å². The fourth-order valence-electron chi connectivity index (χ4n) is 0.553. The second kappa shape index (κ2) is 2.13. The van der Waals surface area contributed by atoms with E-state index in [-0.39, 0.29) is 0 Å². The van der Waals surface area contributed by atoms with Gasteiger partial charge >= 0.3 is 0 Å². The van der Waals surface area contributed by atoms with Crippen LogP contribution in [0, 0.1) is 0 Å². The highest BCUT2D eigenvalue weighted by Crippen LogP contribution is 2.11. The predicted octanol–water partition coefficient (Wildman–Crippen LogP) is 1.62. The van der Waals surface area contributed by atoms with Crippen LogP contribution >= 0.6 is 9.03 Å². The van der Waals surface area contributed by atoms with E-state index < -0.39 is 0 Å². The molecule has 0 aromatic carbocycles. The van der Waals surface area contributed by atoms with E-state index in [4.69, 9.17) is 0 Å². The van der Waals surface area contributed by atoms with Crippen molar-refractivity contribution >= 4 is 9.03 Å². The molecule has 0 amide bonds. The average molecular weight is 113 g/mol. The molecule has 1 aliphatic carbocycles. The molecule has 0 aromatic heterocycles. The van der Waals surface area contributed by atoms with Gasteiger partial charge in [0, 0.05) is 12.1 Å². The quantitative estimate of drug-likeness (QED) is 0.458. The van der Waals surface area contributed by atoms with Gasteiger partial charge in [-0.3, -0.25) is 4.74 Å². The smallest absolute Gasteiger partial charge is 0.0416 e. The fourth-order valence-corrected chi connectivity index (χ4v) is 0.788. The Balaban J connectivity index is 2.61. The SMILES string of the molecule is [PH3]=NC1=CC=CC1. The molecule has 38 valence electrons. The van der Waals surface area contributed by atoms with Gasteiger partial charge in [-0.05, 0) is 6.08 Å². The Morgan fingerprint density at radius 3 is 2.86 bits per heavy atom. The van der Waals surface area contributed by atoms with Crippen molar-refractivity contribution in [3.05, 3.63) is 23.9 Å². The van der Waals surface area contributed by atoms with E-state index in [1.165, 1.54) is 5.70 Å². The summed E-state index contributed by atoms with van der Waals surface area (Å²) in [6, 6.07) is 0. The summed E-state index contributed by atoms with van der Waals surface area (Å²) in [5, 5.41) is 0. The van der Waals surface area contributed by atoms with Crippen molar-refractivity contribution in [1.82, 2.24) is 0 Å². The van der Waals surface area contributed by atoms with Crippen LogP contribution in [0.4, 0.5) is 0 Å². The third-order valence-corrected chi connectivity index (χ3v) is 1.36. The topological polar surface area (TPSA) is 12.4 Å². The minimum atomic E-state index is 1.03. The molecule has 0 saturated heterocycles. The Morgan fingerprint density at radius 2 is 2.57 bits per heavy atom. The number of allylic oxidation sites excluding steroid dienone is 3. The van der Waals surface area contributed by atoms with E-state index in [9.17, 15) is 0 Å². The van der Waals surface area contributed by atoms with Crippen LogP contribution in [0.3, 0.4) is 0 Å². The van der Waals surface area contributed by atoms with Gasteiger partial charge in [0.25, 0.3) is 0 Å². The van der Waals surface area contributed by atoms with Gasteiger partial charge in [0.1, 0.15) is 0 Å². The lowest BCUT2D eigenvalue weighted by molar-refractivity contribution is 1.22. The van der Waals surface area contributed by atoms with Crippen LogP contribution in [0.5, 0.6) is 0 Å². The van der Waals surface area contributed by atoms with Gasteiger partial charge in [0.05, 0.1) is 0 Å². The molecule has 0 fully saturated rings. The first-order chi connectivity index (χ1) is 3.43. The van der Waals surface area contributed by atoms with Gasteiger partial charge in [-0.2, -0.15) is 0 Å². The maximum Gasteiger partial charge on any atom is 0.0416 e. The van der Waals surface area contributed by atoms with Crippen LogP contribution < -0.4 is 0 Å². The number of hydrogen-bond acceptors (Lipinski definition) is 1. The third-order valence-electron chi connectivity index (χ3n) is 0.955. The maximum atomic E-state index is 4.01. The van der Waals surface area contributed by atoms with Crippen molar-refractivity contribution in [2.75, 3.05) is 0 Å². The normalized spacial score (nSPS) is 17.4. The molecule has 1 atom stereocenters. The van der Waals surface area contributed by atoms with Crippen molar-refractivity contribution < 1.29 is 0 Å². The maximum absolute atomic E-state index is 4.01. The van der Waals surface area contributed by atoms with Gasteiger partial charge in [-0.1, -0.05) is 21.2 Å². The lowest BCUT2D eigenvalue weighted by Gasteiger charge is -1.83. The molecule has 0 bridgehead atoms. The van der Waals surface area contributed by atoms with Gasteiger partial charge in [0.15, 0.2) is 0 Å². The molecule has 0 heterocycles. The van der Waals surface area contributed by atoms with Crippen LogP contribution in [0.25, 0.3) is 0 Å². The van der Waals surface area contributed by atoms with Crippen LogP contribution in [0.2, 0.25) is 0 Å². The molecule has 0 spiro atoms. The molecule has 1 rings (SSSR count). The number of hydrogen-bond donors (Lipinski definition) is 0. The highest BCUT2D eigenvalue weighted by atomic mass is 31.0. The van der Waals surface area contributed by atoms with E-state index in [1.807, 2.05) is 12.2 Å². The Bertz CT molecular complexity index is 135. The second-order valence-electron chi connectivity index (χ2n) is 1.45. The highest BCUT2D eigenvalue weighted by molar-refractivity contribution is 7.04. The molecule has 0 aromatic rings. The molecular weight excluding hydrogens is 105 g/mol. The summed E-state index contributed by atoms with van der Waals surface area (Å²) in [6.45, 7) is 0. The molecule has 0 saturated carbocycles. The molecule has 7 heavy (non-hydrogen) atoms. The summed E-state index contributed by atoms with van der Waals surface area (Å²) >= 11 is 0. The molecule has 1 aliphatic rings. The van der Waals surface area contributed by atoms with E-state index >= 15 is 0 Å². The van der Waals surface area contributed by atoms with Crippen molar-refractivity contribution in [3.63, 3.8) is 0 Å². The van der Waals surface area contributed by atoms with E-state index in [0.29, 0.717) is 0 Å². The zero-order valence-electron chi connectivity index (χ0n) is 4.09. The highest BCUT2D eigenvalue weighted by Gasteiger charge is 1.90. The summed E-state index contributed by atoms with van der Waals surface area (Å²) in [5.41, 5.74) is 1.19. The first kappa shape index (κ1) is 4.86. The molecule has 0 N–H and O–H groups in total. The Kier molecular flexibility index (Phi) is 1.48. The standard InChI is InChI=1S/C5H8NP/c7-6-5-3-1-2-4-5/h1-3H,4H2,7H3. The molecule has 2 heteroatoms. The zero-order chi connectivity index (χ0) is 5.11. The largest absolute Gasteiger partial charge is 0.281 e. The van der Waals surface area contributed by atoms with E-state index in [1.54, 1.807) is 9.03 Å². The van der Waals surface area contributed by atoms with Crippen LogP contribution in [-0.4, -0.2) is 0 Å². The first-order valence-electron chi connectivity index (χ1n) is 2.26. The van der Waals surface area contributed by atoms with Crippen LogP contribution in [0.15, 0.2) is 28.7 Å². The summed E-state index contributed by atoms with van der Waals surface area (Å²) in [5.74, 6) is 0. The number of nitrogens with zero attached hydrogens (tertiary/aromatic N) is 1. The van der Waals surface area contributed by atoms with E-state index in [0.717, 1.165) is 6.42 Å². The minimum absolute atomic E-state index is 1.03. The lowest BCUT2D eigenvalue weighted by Crippen LogP contribution is -1.61. The Hall–Kier alpha value is -0.290. The average Bonchev–Trinajstić information content (AvgIpc) is 2.14. The van der Waals surface area contributed by atoms with Crippen molar-refractivity contribution in [1.29, 1.82) is 0 Å². The lowest BCUT2D eigenvalue weighted by atomic mass is 10.4. The zero-order valence-corrected chi connectivity index (χ0v) is 5.51. The second-order valence-corrected chi connectivity index (χ2v) is 1.76. The predicted molar refractivity (Wildman–Crippen MR) is 35.4 cm³/mol. The van der Waals surface area contributed by atoms with Gasteiger partial charge < -0.3 is 0 Å². The Labute approximate surface area is 45.0 Å². The molecule has 0 aliphatic heterocycles. The number of rotatable bonds is 1. The van der Waals surface area contributed by atoms with Gasteiger partial charge in [0.2, 0.25) is 0 Å². The molecule has 1 unspecified atom stereocenters. The van der Waals surface area contributed by atoms with Crippen molar-refractivity contribution in [2.24, 2.45) is 4.74 Å². The van der Waals surface area contributed by atoms with E-state index in [2.05, 4.69) is 10.8 Å². The summed E-state index contributed by atoms with van der Waals surface area (Å²) in [7, 11) is 1.64. The molecular formula is C5H8NP. The molecule has 0 radical (unpaired) electrons.